The van der Waals surface area contributed by atoms with Crippen LogP contribution in [0.4, 0.5) is 0 Å². The van der Waals surface area contributed by atoms with Crippen molar-refractivity contribution >= 4 is 33.4 Å². The first-order valence-corrected chi connectivity index (χ1v) is 9.26. The topological polar surface area (TPSA) is 60.7 Å². The van der Waals surface area contributed by atoms with Crippen molar-refractivity contribution in [2.75, 3.05) is 6.61 Å². The molecular weight excluding hydrogens is 324 g/mol. The molecule has 0 bridgehead atoms. The van der Waals surface area contributed by atoms with E-state index in [1.165, 1.54) is 16.9 Å². The molecule has 24 heavy (non-hydrogen) atoms. The van der Waals surface area contributed by atoms with Crippen molar-refractivity contribution < 1.29 is 14.3 Å². The molecule has 1 aromatic heterocycles. The van der Waals surface area contributed by atoms with Crippen LogP contribution in [0.3, 0.4) is 0 Å². The van der Waals surface area contributed by atoms with Crippen LogP contribution in [-0.2, 0) is 27.3 Å². The predicted octanol–water partition coefficient (Wildman–Crippen LogP) is 3.45. The van der Waals surface area contributed by atoms with Gasteiger partial charge in [0.15, 0.2) is 4.80 Å². The van der Waals surface area contributed by atoms with Gasteiger partial charge in [0.2, 0.25) is 5.91 Å². The highest BCUT2D eigenvalue weighted by atomic mass is 32.1. The highest BCUT2D eigenvalue weighted by Gasteiger charge is 2.10. The van der Waals surface area contributed by atoms with Gasteiger partial charge in [-0.3, -0.25) is 9.59 Å². The van der Waals surface area contributed by atoms with Crippen molar-refractivity contribution in [1.82, 2.24) is 4.57 Å². The maximum absolute atomic E-state index is 11.9. The van der Waals surface area contributed by atoms with Gasteiger partial charge in [-0.2, -0.15) is 4.99 Å². The van der Waals surface area contributed by atoms with Crippen molar-refractivity contribution in [2.24, 2.45) is 4.99 Å². The van der Waals surface area contributed by atoms with Gasteiger partial charge in [0.1, 0.15) is 0 Å². The first-order chi connectivity index (χ1) is 11.6. The van der Waals surface area contributed by atoms with Gasteiger partial charge >= 0.3 is 5.97 Å². The Morgan fingerprint density at radius 2 is 2.00 bits per heavy atom. The molecular formula is C18H24N2O3S. The van der Waals surface area contributed by atoms with Crippen LogP contribution in [0.25, 0.3) is 10.2 Å². The Morgan fingerprint density at radius 3 is 2.67 bits per heavy atom. The van der Waals surface area contributed by atoms with Crippen molar-refractivity contribution in [3.63, 3.8) is 0 Å². The fourth-order valence-electron chi connectivity index (χ4n) is 2.45. The number of rotatable bonds is 7. The predicted molar refractivity (Wildman–Crippen MR) is 95.9 cm³/mol. The Labute approximate surface area is 146 Å². The molecule has 5 nitrogen and oxygen atoms in total. The first kappa shape index (κ1) is 18.4. The van der Waals surface area contributed by atoms with E-state index in [0.717, 1.165) is 23.1 Å². The zero-order valence-electron chi connectivity index (χ0n) is 14.5. The van der Waals surface area contributed by atoms with Crippen LogP contribution in [0, 0.1) is 0 Å². The molecule has 0 spiro atoms. The van der Waals surface area contributed by atoms with Gasteiger partial charge < -0.3 is 9.30 Å². The summed E-state index contributed by atoms with van der Waals surface area (Å²) in [6, 6.07) is 6.25. The third-order valence-electron chi connectivity index (χ3n) is 3.68. The quantitative estimate of drug-likeness (QED) is 0.720. The number of carbonyl (C=O) groups excluding carboxylic acids is 2. The summed E-state index contributed by atoms with van der Waals surface area (Å²) in [4.78, 5) is 28.5. The summed E-state index contributed by atoms with van der Waals surface area (Å²) in [5.74, 6) is -0.356. The van der Waals surface area contributed by atoms with Crippen LogP contribution in [-0.4, -0.2) is 23.1 Å². The second-order valence-corrected chi connectivity index (χ2v) is 6.51. The van der Waals surface area contributed by atoms with E-state index in [1.54, 1.807) is 6.92 Å². The van der Waals surface area contributed by atoms with Crippen molar-refractivity contribution in [3.8, 4) is 0 Å². The van der Waals surface area contributed by atoms with Crippen LogP contribution in [0.1, 0.15) is 45.6 Å². The third-order valence-corrected chi connectivity index (χ3v) is 4.73. The van der Waals surface area contributed by atoms with Gasteiger partial charge in [0.25, 0.3) is 0 Å². The lowest BCUT2D eigenvalue weighted by molar-refractivity contribution is -0.143. The Morgan fingerprint density at radius 1 is 1.21 bits per heavy atom. The van der Waals surface area contributed by atoms with E-state index in [1.807, 2.05) is 17.6 Å². The third kappa shape index (κ3) is 4.54. The minimum absolute atomic E-state index is 0.121. The second-order valence-electron chi connectivity index (χ2n) is 5.50. The molecule has 0 radical (unpaired) electrons. The van der Waals surface area contributed by atoms with Crippen LogP contribution in [0.5, 0.6) is 0 Å². The summed E-state index contributed by atoms with van der Waals surface area (Å²) in [6.45, 7) is 6.70. The maximum Gasteiger partial charge on any atom is 0.307 e. The van der Waals surface area contributed by atoms with Gasteiger partial charge in [0, 0.05) is 13.0 Å². The largest absolute Gasteiger partial charge is 0.466 e. The number of thiazole rings is 1. The molecule has 6 heteroatoms. The average molecular weight is 348 g/mol. The van der Waals surface area contributed by atoms with Gasteiger partial charge in [-0.1, -0.05) is 31.3 Å². The second kappa shape index (κ2) is 8.78. The lowest BCUT2D eigenvalue weighted by Crippen LogP contribution is -2.19. The molecule has 130 valence electrons. The number of benzene rings is 1. The van der Waals surface area contributed by atoms with Crippen molar-refractivity contribution in [3.05, 3.63) is 28.6 Å². The number of amides is 1. The first-order valence-electron chi connectivity index (χ1n) is 8.44. The van der Waals surface area contributed by atoms with Gasteiger partial charge in [-0.25, -0.2) is 0 Å². The fraction of sp³-hybridized carbons (Fsp3) is 0.500. The van der Waals surface area contributed by atoms with E-state index in [0.29, 0.717) is 24.4 Å². The highest BCUT2D eigenvalue weighted by Crippen LogP contribution is 2.20. The molecule has 1 heterocycles. The Bertz CT molecular complexity index is 789. The number of hydrogen-bond acceptors (Lipinski definition) is 4. The molecule has 2 rings (SSSR count). The van der Waals surface area contributed by atoms with Crippen molar-refractivity contribution in [1.29, 1.82) is 0 Å². The Balaban J connectivity index is 2.43. The summed E-state index contributed by atoms with van der Waals surface area (Å²) in [6.07, 6.45) is 2.44. The van der Waals surface area contributed by atoms with E-state index >= 15 is 0 Å². The molecule has 0 saturated carbocycles. The van der Waals surface area contributed by atoms with E-state index in [2.05, 4.69) is 24.0 Å². The van der Waals surface area contributed by atoms with Crippen LogP contribution in [0.2, 0.25) is 0 Å². The molecule has 1 amide bonds. The van der Waals surface area contributed by atoms with Crippen molar-refractivity contribution in [2.45, 2.75) is 53.0 Å². The van der Waals surface area contributed by atoms with Gasteiger partial charge in [0.05, 0.1) is 23.2 Å². The molecule has 0 aliphatic carbocycles. The number of ether oxygens (including phenoxy) is 1. The average Bonchev–Trinajstić information content (AvgIpc) is 2.89. The zero-order chi connectivity index (χ0) is 17.5. The van der Waals surface area contributed by atoms with E-state index in [9.17, 15) is 9.59 Å². The standard InChI is InChI=1S/C18H24N2O3S/c1-4-7-16(21)19-18-20(11-10-17(22)23-6-3)14-9-8-13(5-2)12-15(14)24-18/h8-9,12H,4-7,10-11H2,1-3H3. The smallest absolute Gasteiger partial charge is 0.307 e. The summed E-state index contributed by atoms with van der Waals surface area (Å²) in [5.41, 5.74) is 2.25. The maximum atomic E-state index is 11.9. The van der Waals surface area contributed by atoms with Crippen LogP contribution in [0.15, 0.2) is 23.2 Å². The monoisotopic (exact) mass is 348 g/mol. The van der Waals surface area contributed by atoms with Crippen LogP contribution >= 0.6 is 11.3 Å². The molecule has 1 aromatic carbocycles. The van der Waals surface area contributed by atoms with Gasteiger partial charge in [-0.05, 0) is 37.5 Å². The Kier molecular flexibility index (Phi) is 6.73. The number of aryl methyl sites for hydroxylation is 2. The lowest BCUT2D eigenvalue weighted by atomic mass is 10.2. The number of aromatic nitrogens is 1. The summed E-state index contributed by atoms with van der Waals surface area (Å²) in [7, 11) is 0. The number of hydrogen-bond donors (Lipinski definition) is 0. The zero-order valence-corrected chi connectivity index (χ0v) is 15.3. The molecule has 0 N–H and O–H groups in total. The molecule has 0 unspecified atom stereocenters. The summed E-state index contributed by atoms with van der Waals surface area (Å²) in [5, 5.41) is 0. The molecule has 0 aliphatic heterocycles. The lowest BCUT2D eigenvalue weighted by Gasteiger charge is -2.06. The molecule has 0 aliphatic rings. The number of carbonyl (C=O) groups is 2. The Hall–Kier alpha value is -1.95. The summed E-state index contributed by atoms with van der Waals surface area (Å²) >= 11 is 1.50. The molecule has 0 atom stereocenters. The minimum atomic E-state index is -0.236. The van der Waals surface area contributed by atoms with E-state index in [-0.39, 0.29) is 18.3 Å². The minimum Gasteiger partial charge on any atom is -0.466 e. The molecule has 0 saturated heterocycles. The van der Waals surface area contributed by atoms with Gasteiger partial charge in [-0.15, -0.1) is 0 Å². The van der Waals surface area contributed by atoms with Crippen LogP contribution < -0.4 is 4.80 Å². The van der Waals surface area contributed by atoms with E-state index < -0.39 is 0 Å². The number of esters is 1. The molecule has 2 aromatic rings. The summed E-state index contributed by atoms with van der Waals surface area (Å²) < 4.78 is 8.03. The normalized spacial score (nSPS) is 11.9. The SMILES string of the molecule is CCCC(=O)N=c1sc2cc(CC)ccc2n1CCC(=O)OCC. The number of fused-ring (bicyclic) bond motifs is 1. The highest BCUT2D eigenvalue weighted by molar-refractivity contribution is 7.16. The number of nitrogens with zero attached hydrogens (tertiary/aromatic N) is 2. The fourth-order valence-corrected chi connectivity index (χ4v) is 3.59. The van der Waals surface area contributed by atoms with E-state index in [4.69, 9.17) is 4.74 Å². The molecule has 0 fully saturated rings.